The predicted molar refractivity (Wildman–Crippen MR) is 78.9 cm³/mol. The highest BCUT2D eigenvalue weighted by Gasteiger charge is 2.18. The number of methoxy groups -OCH3 is 1. The Bertz CT molecular complexity index is 639. The van der Waals surface area contributed by atoms with E-state index in [1.54, 1.807) is 6.08 Å². The van der Waals surface area contributed by atoms with Crippen LogP contribution in [-0.2, 0) is 11.2 Å². The molecular weight excluding hydrogens is 298 g/mol. The molecule has 6 heteroatoms. The zero-order valence-electron chi connectivity index (χ0n) is 10.8. The first kappa shape index (κ1) is 14.6. The van der Waals surface area contributed by atoms with E-state index in [0.29, 0.717) is 17.4 Å². The number of thiazole rings is 1. The minimum Gasteiger partial charge on any atom is -0.465 e. The van der Waals surface area contributed by atoms with Crippen molar-refractivity contribution in [2.24, 2.45) is 0 Å². The van der Waals surface area contributed by atoms with Crippen molar-refractivity contribution in [1.82, 2.24) is 4.98 Å². The molecule has 0 radical (unpaired) electrons. The molecule has 0 amide bonds. The molecule has 0 fully saturated rings. The summed E-state index contributed by atoms with van der Waals surface area (Å²) < 4.78 is 10.3. The molecule has 0 aliphatic heterocycles. The van der Waals surface area contributed by atoms with Crippen LogP contribution in [0.15, 0.2) is 36.9 Å². The maximum absolute atomic E-state index is 11.5. The summed E-state index contributed by atoms with van der Waals surface area (Å²) in [5.41, 5.74) is 0.980. The molecule has 1 aromatic carbocycles. The summed E-state index contributed by atoms with van der Waals surface area (Å²) in [5, 5.41) is 0.380. The van der Waals surface area contributed by atoms with Crippen LogP contribution in [0.3, 0.4) is 0 Å². The van der Waals surface area contributed by atoms with Gasteiger partial charge in [0.2, 0.25) is 0 Å². The molecule has 0 spiro atoms. The maximum Gasteiger partial charge on any atom is 0.351 e. The van der Waals surface area contributed by atoms with Crippen molar-refractivity contribution in [2.45, 2.75) is 6.42 Å². The Labute approximate surface area is 125 Å². The molecule has 20 heavy (non-hydrogen) atoms. The zero-order valence-corrected chi connectivity index (χ0v) is 12.3. The molecule has 0 aliphatic rings. The van der Waals surface area contributed by atoms with Gasteiger partial charge in [-0.2, -0.15) is 4.98 Å². The predicted octanol–water partition coefficient (Wildman–Crippen LogP) is 4.10. The van der Waals surface area contributed by atoms with Gasteiger partial charge >= 0.3 is 5.97 Å². The van der Waals surface area contributed by atoms with Crippen LogP contribution in [0.2, 0.25) is 5.15 Å². The number of nitrogens with zero attached hydrogens (tertiary/aromatic N) is 1. The number of hydrogen-bond acceptors (Lipinski definition) is 5. The number of allylic oxidation sites excluding steroid dienone is 1. The summed E-state index contributed by atoms with van der Waals surface area (Å²) in [4.78, 5) is 15.7. The van der Waals surface area contributed by atoms with Crippen molar-refractivity contribution in [3.05, 3.63) is 52.5 Å². The Morgan fingerprint density at radius 1 is 1.50 bits per heavy atom. The molecule has 4 nitrogen and oxygen atoms in total. The van der Waals surface area contributed by atoms with Crippen molar-refractivity contribution in [3.63, 3.8) is 0 Å². The third kappa shape index (κ3) is 3.18. The summed E-state index contributed by atoms with van der Waals surface area (Å²) in [6, 6.07) is 7.54. The molecule has 0 saturated heterocycles. The number of rotatable bonds is 5. The Morgan fingerprint density at radius 3 is 2.95 bits per heavy atom. The van der Waals surface area contributed by atoms with Gasteiger partial charge in [0, 0.05) is 0 Å². The Hall–Kier alpha value is -1.85. The standard InChI is InChI=1S/C14H12ClNO3S/c1-3-6-9-7-4-5-8-10(9)19-14-16-12(15)11(20-14)13(17)18-2/h3-5,7-8H,1,6H2,2H3. The van der Waals surface area contributed by atoms with Crippen molar-refractivity contribution >= 4 is 28.9 Å². The molecule has 0 bridgehead atoms. The number of ether oxygens (including phenoxy) is 2. The van der Waals surface area contributed by atoms with E-state index in [4.69, 9.17) is 16.3 Å². The van der Waals surface area contributed by atoms with E-state index in [1.165, 1.54) is 7.11 Å². The molecule has 0 saturated carbocycles. The van der Waals surface area contributed by atoms with Crippen LogP contribution in [0.1, 0.15) is 15.2 Å². The third-order valence-corrected chi connectivity index (χ3v) is 3.77. The second kappa shape index (κ2) is 6.54. The van der Waals surface area contributed by atoms with Crippen molar-refractivity contribution in [2.75, 3.05) is 7.11 Å². The quantitative estimate of drug-likeness (QED) is 0.616. The number of benzene rings is 1. The lowest BCUT2D eigenvalue weighted by molar-refractivity contribution is 0.0606. The van der Waals surface area contributed by atoms with Gasteiger partial charge in [0.15, 0.2) is 10.0 Å². The number of carbonyl (C=O) groups is 1. The highest BCUT2D eigenvalue weighted by molar-refractivity contribution is 7.15. The van der Waals surface area contributed by atoms with Crippen molar-refractivity contribution < 1.29 is 14.3 Å². The second-order valence-electron chi connectivity index (χ2n) is 3.79. The van der Waals surface area contributed by atoms with E-state index < -0.39 is 5.97 Å². The lowest BCUT2D eigenvalue weighted by Crippen LogP contribution is -1.98. The molecule has 0 aliphatic carbocycles. The first-order valence-corrected chi connectivity index (χ1v) is 6.96. The van der Waals surface area contributed by atoms with Gasteiger partial charge in [0.05, 0.1) is 7.11 Å². The highest BCUT2D eigenvalue weighted by Crippen LogP contribution is 2.33. The van der Waals surface area contributed by atoms with E-state index in [1.807, 2.05) is 24.3 Å². The number of aromatic nitrogens is 1. The van der Waals surface area contributed by atoms with Gasteiger partial charge < -0.3 is 9.47 Å². The molecule has 1 aromatic heterocycles. The van der Waals surface area contributed by atoms with Crippen molar-refractivity contribution in [1.29, 1.82) is 0 Å². The number of hydrogen-bond donors (Lipinski definition) is 0. The number of carbonyl (C=O) groups excluding carboxylic acids is 1. The molecular formula is C14H12ClNO3S. The second-order valence-corrected chi connectivity index (χ2v) is 5.11. The topological polar surface area (TPSA) is 48.4 Å². The van der Waals surface area contributed by atoms with Gasteiger partial charge in [0.25, 0.3) is 5.19 Å². The fraction of sp³-hybridized carbons (Fsp3) is 0.143. The van der Waals surface area contributed by atoms with Gasteiger partial charge in [-0.05, 0) is 18.1 Å². The van der Waals surface area contributed by atoms with Crippen LogP contribution >= 0.6 is 22.9 Å². The molecule has 2 aromatic rings. The van der Waals surface area contributed by atoms with Crippen LogP contribution in [0.4, 0.5) is 0 Å². The average molecular weight is 310 g/mol. The van der Waals surface area contributed by atoms with Gasteiger partial charge in [-0.25, -0.2) is 4.79 Å². The minimum atomic E-state index is -0.526. The van der Waals surface area contributed by atoms with Gasteiger partial charge in [-0.1, -0.05) is 47.2 Å². The summed E-state index contributed by atoms with van der Waals surface area (Å²) >= 11 is 6.94. The smallest absolute Gasteiger partial charge is 0.351 e. The zero-order chi connectivity index (χ0) is 14.5. The van der Waals surface area contributed by atoms with Gasteiger partial charge in [-0.3, -0.25) is 0 Å². The molecule has 0 N–H and O–H groups in total. The van der Waals surface area contributed by atoms with E-state index >= 15 is 0 Å². The lowest BCUT2D eigenvalue weighted by atomic mass is 10.1. The first-order chi connectivity index (χ1) is 9.65. The SMILES string of the molecule is C=CCc1ccccc1Oc1nc(Cl)c(C(=O)OC)s1. The summed E-state index contributed by atoms with van der Waals surface area (Å²) in [6.07, 6.45) is 2.47. The number of halogens is 1. The fourth-order valence-corrected chi connectivity index (χ4v) is 2.63. The summed E-state index contributed by atoms with van der Waals surface area (Å²) in [5.74, 6) is 0.135. The largest absolute Gasteiger partial charge is 0.465 e. The third-order valence-electron chi connectivity index (χ3n) is 2.47. The lowest BCUT2D eigenvalue weighted by Gasteiger charge is -2.06. The molecule has 1 heterocycles. The highest BCUT2D eigenvalue weighted by atomic mass is 35.5. The summed E-state index contributed by atoms with van der Waals surface area (Å²) in [6.45, 7) is 3.71. The summed E-state index contributed by atoms with van der Waals surface area (Å²) in [7, 11) is 1.29. The van der Waals surface area contributed by atoms with Crippen LogP contribution < -0.4 is 4.74 Å². The van der Waals surface area contributed by atoms with Crippen LogP contribution in [0.5, 0.6) is 10.9 Å². The molecule has 0 atom stereocenters. The van der Waals surface area contributed by atoms with Gasteiger partial charge in [-0.15, -0.1) is 6.58 Å². The number of para-hydroxylation sites is 1. The molecule has 104 valence electrons. The fourth-order valence-electron chi connectivity index (χ4n) is 1.57. The Morgan fingerprint density at radius 2 is 2.25 bits per heavy atom. The van der Waals surface area contributed by atoms with E-state index in [9.17, 15) is 4.79 Å². The average Bonchev–Trinajstić information content (AvgIpc) is 2.81. The van der Waals surface area contributed by atoms with E-state index in [0.717, 1.165) is 16.9 Å². The molecule has 2 rings (SSSR count). The van der Waals surface area contributed by atoms with Crippen LogP contribution in [0, 0.1) is 0 Å². The van der Waals surface area contributed by atoms with Crippen LogP contribution in [0.25, 0.3) is 0 Å². The molecule has 0 unspecified atom stereocenters. The van der Waals surface area contributed by atoms with E-state index in [2.05, 4.69) is 16.3 Å². The minimum absolute atomic E-state index is 0.0815. The van der Waals surface area contributed by atoms with Gasteiger partial charge in [0.1, 0.15) is 5.75 Å². The Balaban J connectivity index is 2.26. The maximum atomic E-state index is 11.5. The van der Waals surface area contributed by atoms with Crippen LogP contribution in [-0.4, -0.2) is 18.1 Å². The normalized spacial score (nSPS) is 10.1. The first-order valence-electron chi connectivity index (χ1n) is 5.77. The Kier molecular flexibility index (Phi) is 4.76. The van der Waals surface area contributed by atoms with E-state index in [-0.39, 0.29) is 10.0 Å². The number of esters is 1. The van der Waals surface area contributed by atoms with Crippen molar-refractivity contribution in [3.8, 4) is 10.9 Å². The monoisotopic (exact) mass is 309 g/mol.